The van der Waals surface area contributed by atoms with Gasteiger partial charge in [-0.25, -0.2) is 9.97 Å². The highest BCUT2D eigenvalue weighted by Gasteiger charge is 2.27. The maximum atomic E-state index is 9.43. The van der Waals surface area contributed by atoms with Crippen molar-refractivity contribution in [2.45, 2.75) is 26.4 Å². The van der Waals surface area contributed by atoms with Crippen molar-refractivity contribution >= 4 is 17.3 Å². The quantitative estimate of drug-likeness (QED) is 0.484. The van der Waals surface area contributed by atoms with Crippen LogP contribution in [0.2, 0.25) is 0 Å². The third-order valence-electron chi connectivity index (χ3n) is 7.75. The topological polar surface area (TPSA) is 86.3 Å². The second kappa shape index (κ2) is 11.6. The third-order valence-corrected chi connectivity index (χ3v) is 7.75. The monoisotopic (exact) mass is 518 g/mol. The zero-order valence-electron chi connectivity index (χ0n) is 22.7. The fraction of sp³-hybridized carbons (Fsp3) is 0.355. The van der Waals surface area contributed by atoms with E-state index in [0.717, 1.165) is 69.7 Å². The van der Waals surface area contributed by atoms with Crippen LogP contribution in [0.25, 0.3) is 5.70 Å². The Hall–Kier alpha value is -4.40. The van der Waals surface area contributed by atoms with Crippen molar-refractivity contribution in [2.24, 2.45) is 0 Å². The summed E-state index contributed by atoms with van der Waals surface area (Å²) in [5, 5.41) is 18.6. The smallest absolute Gasteiger partial charge is 0.146 e. The zero-order valence-corrected chi connectivity index (χ0v) is 22.7. The standard InChI is InChI=1S/C31H34N8/c1-23-9-10-26(22-36-12-14-37(15-13-36)31-27(19-32)6-5-11-34-31)18-29(23)25(3)39-17-16-38(21-24(39)2)30-8-4-7-28(20-33)35-30/h4-11,18,24H,3,12-17,21-22H2,1-2H3. The molecule has 8 heteroatoms. The molecule has 3 aromatic rings. The van der Waals surface area contributed by atoms with Gasteiger partial charge in [-0.15, -0.1) is 0 Å². The summed E-state index contributed by atoms with van der Waals surface area (Å²) in [6.07, 6.45) is 1.76. The number of hydrogen-bond acceptors (Lipinski definition) is 8. The van der Waals surface area contributed by atoms with Gasteiger partial charge in [-0.3, -0.25) is 4.90 Å². The van der Waals surface area contributed by atoms with Gasteiger partial charge in [-0.05, 0) is 55.3 Å². The second-order valence-electron chi connectivity index (χ2n) is 10.3. The fourth-order valence-electron chi connectivity index (χ4n) is 5.57. The van der Waals surface area contributed by atoms with E-state index in [4.69, 9.17) is 0 Å². The summed E-state index contributed by atoms with van der Waals surface area (Å²) in [6.45, 7) is 15.8. The van der Waals surface area contributed by atoms with E-state index in [1.165, 1.54) is 16.7 Å². The number of aromatic nitrogens is 2. The summed E-state index contributed by atoms with van der Waals surface area (Å²) >= 11 is 0. The first-order valence-electron chi connectivity index (χ1n) is 13.5. The number of nitriles is 2. The van der Waals surface area contributed by atoms with Crippen molar-refractivity contribution in [3.05, 3.63) is 89.3 Å². The molecule has 5 rings (SSSR count). The lowest BCUT2D eigenvalue weighted by Gasteiger charge is -2.43. The SMILES string of the molecule is C=C(c1cc(CN2CCN(c3ncccc3C#N)CC2)ccc1C)N1CCN(c2cccc(C#N)n2)CC1C. The number of benzene rings is 1. The van der Waals surface area contributed by atoms with E-state index in [1.54, 1.807) is 12.3 Å². The summed E-state index contributed by atoms with van der Waals surface area (Å²) < 4.78 is 0. The van der Waals surface area contributed by atoms with Gasteiger partial charge >= 0.3 is 0 Å². The van der Waals surface area contributed by atoms with E-state index in [1.807, 2.05) is 24.3 Å². The van der Waals surface area contributed by atoms with Crippen LogP contribution in [0.3, 0.4) is 0 Å². The average Bonchev–Trinajstić information content (AvgIpc) is 2.98. The molecule has 0 radical (unpaired) electrons. The number of rotatable bonds is 6. The first kappa shape index (κ1) is 26.2. The van der Waals surface area contributed by atoms with Crippen LogP contribution in [0, 0.1) is 29.6 Å². The highest BCUT2D eigenvalue weighted by Crippen LogP contribution is 2.28. The molecule has 0 amide bonds. The maximum absolute atomic E-state index is 9.43. The third kappa shape index (κ3) is 5.72. The molecule has 8 nitrogen and oxygen atoms in total. The molecule has 0 aliphatic carbocycles. The molecule has 39 heavy (non-hydrogen) atoms. The molecule has 0 N–H and O–H groups in total. The molecule has 1 aromatic carbocycles. The number of nitrogens with zero attached hydrogens (tertiary/aromatic N) is 8. The Morgan fingerprint density at radius 3 is 2.51 bits per heavy atom. The van der Waals surface area contributed by atoms with Crippen molar-refractivity contribution < 1.29 is 0 Å². The molecule has 198 valence electrons. The molecule has 0 saturated carbocycles. The van der Waals surface area contributed by atoms with Gasteiger partial charge in [0.25, 0.3) is 0 Å². The molecule has 2 aliphatic heterocycles. The number of aryl methyl sites for hydroxylation is 1. The van der Waals surface area contributed by atoms with Crippen molar-refractivity contribution in [2.75, 3.05) is 55.6 Å². The zero-order chi connectivity index (χ0) is 27.4. The van der Waals surface area contributed by atoms with Gasteiger partial charge in [0.05, 0.1) is 5.56 Å². The number of pyridine rings is 2. The van der Waals surface area contributed by atoms with Crippen LogP contribution in [0.4, 0.5) is 11.6 Å². The van der Waals surface area contributed by atoms with Gasteiger partial charge in [0.15, 0.2) is 0 Å². The lowest BCUT2D eigenvalue weighted by Crippen LogP contribution is -2.51. The van der Waals surface area contributed by atoms with Crippen molar-refractivity contribution in [3.8, 4) is 12.1 Å². The normalized spacial score (nSPS) is 17.9. The first-order chi connectivity index (χ1) is 19.0. The van der Waals surface area contributed by atoms with E-state index >= 15 is 0 Å². The first-order valence-corrected chi connectivity index (χ1v) is 13.5. The van der Waals surface area contributed by atoms with Gasteiger partial charge in [0.1, 0.15) is 29.5 Å². The van der Waals surface area contributed by atoms with Crippen LogP contribution in [-0.4, -0.2) is 71.6 Å². The lowest BCUT2D eigenvalue weighted by atomic mass is 10.00. The molecule has 4 heterocycles. The van der Waals surface area contributed by atoms with Crippen LogP contribution in [-0.2, 0) is 6.54 Å². The second-order valence-corrected chi connectivity index (χ2v) is 10.3. The van der Waals surface area contributed by atoms with Gasteiger partial charge in [-0.2, -0.15) is 10.5 Å². The van der Waals surface area contributed by atoms with Gasteiger partial charge in [0.2, 0.25) is 0 Å². The van der Waals surface area contributed by atoms with E-state index in [0.29, 0.717) is 11.3 Å². The number of piperazine rings is 2. The van der Waals surface area contributed by atoms with Crippen LogP contribution in [0.15, 0.2) is 61.3 Å². The molecule has 0 bridgehead atoms. The Balaban J connectivity index is 1.22. The van der Waals surface area contributed by atoms with Gasteiger partial charge < -0.3 is 14.7 Å². The molecule has 0 spiro atoms. The Morgan fingerprint density at radius 2 is 1.77 bits per heavy atom. The van der Waals surface area contributed by atoms with Crippen molar-refractivity contribution in [1.82, 2.24) is 19.8 Å². The molecule has 1 unspecified atom stereocenters. The van der Waals surface area contributed by atoms with Crippen LogP contribution < -0.4 is 9.80 Å². The Labute approximate surface area is 231 Å². The minimum atomic E-state index is 0.264. The Kier molecular flexibility index (Phi) is 7.76. The van der Waals surface area contributed by atoms with Crippen LogP contribution >= 0.6 is 0 Å². The molecule has 1 atom stereocenters. The highest BCUT2D eigenvalue weighted by molar-refractivity contribution is 5.66. The van der Waals surface area contributed by atoms with E-state index in [-0.39, 0.29) is 6.04 Å². The average molecular weight is 519 g/mol. The van der Waals surface area contributed by atoms with Gasteiger partial charge in [-0.1, -0.05) is 24.8 Å². The van der Waals surface area contributed by atoms with E-state index in [2.05, 4.69) is 80.3 Å². The molecule has 2 saturated heterocycles. The molecule has 2 aliphatic rings. The number of anilines is 2. The molecule has 2 fully saturated rings. The maximum Gasteiger partial charge on any atom is 0.146 e. The van der Waals surface area contributed by atoms with Crippen molar-refractivity contribution in [1.29, 1.82) is 10.5 Å². The summed E-state index contributed by atoms with van der Waals surface area (Å²) in [5.74, 6) is 1.65. The Morgan fingerprint density at radius 1 is 0.974 bits per heavy atom. The lowest BCUT2D eigenvalue weighted by molar-refractivity contribution is 0.249. The van der Waals surface area contributed by atoms with E-state index in [9.17, 15) is 10.5 Å². The van der Waals surface area contributed by atoms with Gasteiger partial charge in [0, 0.05) is 75.9 Å². The molecular weight excluding hydrogens is 484 g/mol. The molecule has 2 aromatic heterocycles. The Bertz CT molecular complexity index is 1430. The summed E-state index contributed by atoms with van der Waals surface area (Å²) in [6, 6.07) is 20.7. The summed E-state index contributed by atoms with van der Waals surface area (Å²) in [4.78, 5) is 18.3. The molecular formula is C31H34N8. The predicted molar refractivity (Wildman–Crippen MR) is 154 cm³/mol. The summed E-state index contributed by atoms with van der Waals surface area (Å²) in [7, 11) is 0. The fourth-order valence-corrected chi connectivity index (χ4v) is 5.57. The predicted octanol–water partition coefficient (Wildman–Crippen LogP) is 4.03. The van der Waals surface area contributed by atoms with Crippen LogP contribution in [0.1, 0.15) is 34.9 Å². The highest BCUT2D eigenvalue weighted by atomic mass is 15.3. The number of hydrogen-bond donors (Lipinski definition) is 0. The minimum absolute atomic E-state index is 0.264. The summed E-state index contributed by atoms with van der Waals surface area (Å²) in [5.41, 5.74) is 5.85. The largest absolute Gasteiger partial charge is 0.365 e. The van der Waals surface area contributed by atoms with Crippen molar-refractivity contribution in [3.63, 3.8) is 0 Å². The van der Waals surface area contributed by atoms with E-state index < -0.39 is 0 Å². The minimum Gasteiger partial charge on any atom is -0.365 e. The van der Waals surface area contributed by atoms with Crippen LogP contribution in [0.5, 0.6) is 0 Å².